The summed E-state index contributed by atoms with van der Waals surface area (Å²) in [6.07, 6.45) is -0.691. The molecule has 1 atom stereocenters. The maximum Gasteiger partial charge on any atom is 0.174 e. The van der Waals surface area contributed by atoms with Gasteiger partial charge in [0.2, 0.25) is 0 Å². The van der Waals surface area contributed by atoms with Gasteiger partial charge in [0.25, 0.3) is 0 Å². The van der Waals surface area contributed by atoms with Gasteiger partial charge >= 0.3 is 0 Å². The molecule has 0 saturated carbocycles. The molecule has 2 aromatic rings. The van der Waals surface area contributed by atoms with Gasteiger partial charge in [0.15, 0.2) is 6.30 Å². The first-order valence-corrected chi connectivity index (χ1v) is 5.25. The average molecular weight is 214 g/mol. The molecule has 2 heteroatoms. The second-order valence-electron chi connectivity index (χ2n) is 3.59. The Kier molecular flexibility index (Phi) is 3.54. The zero-order valence-corrected chi connectivity index (χ0v) is 8.86. The van der Waals surface area contributed by atoms with Gasteiger partial charge in [-0.05, 0) is 23.8 Å². The number of rotatable bonds is 4. The molecule has 0 aliphatic carbocycles. The highest BCUT2D eigenvalue weighted by Gasteiger charge is 2.06. The Hall–Kier alpha value is -1.83. The summed E-state index contributed by atoms with van der Waals surface area (Å²) in [4.78, 5) is 0. The van der Waals surface area contributed by atoms with Crippen molar-refractivity contribution in [1.29, 1.82) is 0 Å². The minimum atomic E-state index is -1.07. The lowest BCUT2D eigenvalue weighted by Crippen LogP contribution is -2.16. The molecule has 0 aliphatic heterocycles. The van der Waals surface area contributed by atoms with Crippen molar-refractivity contribution in [1.82, 2.24) is 0 Å². The van der Waals surface area contributed by atoms with Crippen molar-refractivity contribution < 1.29 is 4.39 Å². The lowest BCUT2D eigenvalue weighted by Gasteiger charge is -2.11. The van der Waals surface area contributed by atoms with Crippen LogP contribution in [0.4, 0.5) is 10.1 Å². The van der Waals surface area contributed by atoms with Crippen LogP contribution in [0.3, 0.4) is 0 Å². The largest absolute Gasteiger partial charge is 0.356 e. The molecule has 2 aromatic carbocycles. The van der Waals surface area contributed by atoms with E-state index in [-0.39, 0.29) is 0 Å². The van der Waals surface area contributed by atoms with E-state index in [4.69, 9.17) is 0 Å². The van der Waals surface area contributed by atoms with E-state index in [0.29, 0.717) is 6.42 Å². The third-order valence-electron chi connectivity index (χ3n) is 2.30. The van der Waals surface area contributed by atoms with Crippen LogP contribution in [0, 0.1) is 6.07 Å². The molecule has 0 aromatic heterocycles. The molecule has 1 nitrogen and oxygen atoms in total. The van der Waals surface area contributed by atoms with Crippen LogP contribution in [-0.2, 0) is 6.42 Å². The molecule has 0 heterocycles. The maximum atomic E-state index is 13.7. The quantitative estimate of drug-likeness (QED) is 0.769. The first kappa shape index (κ1) is 10.7. The van der Waals surface area contributed by atoms with Crippen LogP contribution in [0.25, 0.3) is 0 Å². The molecule has 0 fully saturated rings. The van der Waals surface area contributed by atoms with Gasteiger partial charge in [0.05, 0.1) is 0 Å². The summed E-state index contributed by atoms with van der Waals surface area (Å²) in [6.45, 7) is 0. The van der Waals surface area contributed by atoms with E-state index in [9.17, 15) is 4.39 Å². The molecule has 0 spiro atoms. The van der Waals surface area contributed by atoms with Gasteiger partial charge in [-0.2, -0.15) is 0 Å². The summed E-state index contributed by atoms with van der Waals surface area (Å²) in [6, 6.07) is 19.6. The van der Waals surface area contributed by atoms with E-state index >= 15 is 0 Å². The fourth-order valence-electron chi connectivity index (χ4n) is 1.54. The summed E-state index contributed by atoms with van der Waals surface area (Å²) >= 11 is 0. The molecule has 0 amide bonds. The second kappa shape index (κ2) is 5.31. The van der Waals surface area contributed by atoms with Gasteiger partial charge < -0.3 is 5.32 Å². The standard InChI is InChI=1S/C14H13FN/c15-14(11-12-7-3-1-4-8-12)16-13-9-5-2-6-10-13/h1,3-10,14,16H,11H2. The number of hydrogen-bond acceptors (Lipinski definition) is 1. The molecule has 0 aliphatic rings. The summed E-state index contributed by atoms with van der Waals surface area (Å²) in [5.41, 5.74) is 1.77. The highest BCUT2D eigenvalue weighted by molar-refractivity contribution is 5.42. The third-order valence-corrected chi connectivity index (χ3v) is 2.30. The Morgan fingerprint density at radius 2 is 1.75 bits per heavy atom. The van der Waals surface area contributed by atoms with E-state index in [0.717, 1.165) is 11.3 Å². The number of hydrogen-bond donors (Lipinski definition) is 1. The van der Waals surface area contributed by atoms with Gasteiger partial charge in [0.1, 0.15) is 0 Å². The van der Waals surface area contributed by atoms with Crippen LogP contribution in [0.1, 0.15) is 5.56 Å². The molecule has 1 radical (unpaired) electrons. The van der Waals surface area contributed by atoms with Crippen LogP contribution in [0.2, 0.25) is 0 Å². The van der Waals surface area contributed by atoms with Crippen molar-refractivity contribution in [2.24, 2.45) is 0 Å². The van der Waals surface area contributed by atoms with Gasteiger partial charge in [-0.15, -0.1) is 0 Å². The normalized spacial score (nSPS) is 12.1. The van der Waals surface area contributed by atoms with Crippen molar-refractivity contribution in [3.05, 3.63) is 66.2 Å². The zero-order valence-electron chi connectivity index (χ0n) is 8.86. The Morgan fingerprint density at radius 1 is 1.06 bits per heavy atom. The number of halogens is 1. The van der Waals surface area contributed by atoms with Gasteiger partial charge in [-0.25, -0.2) is 4.39 Å². The van der Waals surface area contributed by atoms with Crippen LogP contribution >= 0.6 is 0 Å². The molecule has 0 saturated heterocycles. The molecule has 81 valence electrons. The van der Waals surface area contributed by atoms with Crippen molar-refractivity contribution in [2.45, 2.75) is 12.7 Å². The summed E-state index contributed by atoms with van der Waals surface area (Å²) in [7, 11) is 0. The van der Waals surface area contributed by atoms with Crippen LogP contribution < -0.4 is 5.32 Å². The maximum absolute atomic E-state index is 13.7. The molecule has 1 N–H and O–H groups in total. The number of benzene rings is 2. The number of nitrogens with one attached hydrogen (secondary N) is 1. The van der Waals surface area contributed by atoms with Crippen molar-refractivity contribution in [2.75, 3.05) is 5.32 Å². The van der Waals surface area contributed by atoms with Gasteiger partial charge in [0, 0.05) is 12.1 Å². The van der Waals surface area contributed by atoms with E-state index in [2.05, 4.69) is 11.4 Å². The molecule has 16 heavy (non-hydrogen) atoms. The number of alkyl halides is 1. The van der Waals surface area contributed by atoms with Crippen LogP contribution in [0.15, 0.2) is 54.6 Å². The third kappa shape index (κ3) is 3.09. The predicted molar refractivity (Wildman–Crippen MR) is 63.9 cm³/mol. The number of anilines is 1. The Morgan fingerprint density at radius 3 is 2.44 bits per heavy atom. The van der Waals surface area contributed by atoms with Crippen LogP contribution in [-0.4, -0.2) is 6.30 Å². The van der Waals surface area contributed by atoms with Crippen molar-refractivity contribution >= 4 is 5.69 Å². The first-order chi connectivity index (χ1) is 7.84. The Balaban J connectivity index is 1.92. The van der Waals surface area contributed by atoms with E-state index < -0.39 is 6.30 Å². The fraction of sp³-hybridized carbons (Fsp3) is 0.143. The Labute approximate surface area is 94.9 Å². The predicted octanol–water partition coefficient (Wildman–Crippen LogP) is 3.44. The highest BCUT2D eigenvalue weighted by Crippen LogP contribution is 2.11. The first-order valence-electron chi connectivity index (χ1n) is 5.25. The molecule has 2 rings (SSSR count). The lowest BCUT2D eigenvalue weighted by molar-refractivity contribution is 0.371. The van der Waals surface area contributed by atoms with Crippen LogP contribution in [0.5, 0.6) is 0 Å². The molecule has 0 bridgehead atoms. The minimum Gasteiger partial charge on any atom is -0.356 e. The monoisotopic (exact) mass is 214 g/mol. The van der Waals surface area contributed by atoms with Crippen molar-refractivity contribution in [3.63, 3.8) is 0 Å². The molecular weight excluding hydrogens is 201 g/mol. The zero-order chi connectivity index (χ0) is 11.2. The molecule has 1 unspecified atom stereocenters. The highest BCUT2D eigenvalue weighted by atomic mass is 19.1. The summed E-state index contributed by atoms with van der Waals surface area (Å²) in [5, 5.41) is 2.80. The van der Waals surface area contributed by atoms with Crippen molar-refractivity contribution in [3.8, 4) is 0 Å². The summed E-state index contributed by atoms with van der Waals surface area (Å²) in [5.74, 6) is 0. The minimum absolute atomic E-state index is 0.374. The van der Waals surface area contributed by atoms with E-state index in [1.54, 1.807) is 24.3 Å². The van der Waals surface area contributed by atoms with Gasteiger partial charge in [-0.1, -0.05) is 42.5 Å². The smallest absolute Gasteiger partial charge is 0.174 e. The van der Waals surface area contributed by atoms with E-state index in [1.165, 1.54) is 0 Å². The Bertz CT molecular complexity index is 372. The SMILES string of the molecule is FC(Cc1ccccc1)Nc1cc[c]cc1. The average Bonchev–Trinajstić information content (AvgIpc) is 2.31. The topological polar surface area (TPSA) is 12.0 Å². The summed E-state index contributed by atoms with van der Waals surface area (Å²) < 4.78 is 13.7. The molecular formula is C14H13FN. The fourth-order valence-corrected chi connectivity index (χ4v) is 1.54. The second-order valence-corrected chi connectivity index (χ2v) is 3.59. The van der Waals surface area contributed by atoms with Gasteiger partial charge in [-0.3, -0.25) is 0 Å². The lowest BCUT2D eigenvalue weighted by atomic mass is 10.1. The van der Waals surface area contributed by atoms with E-state index in [1.807, 2.05) is 30.3 Å².